The van der Waals surface area contributed by atoms with E-state index in [0.717, 1.165) is 0 Å². The normalized spacial score (nSPS) is 11.4. The minimum atomic E-state index is -0.497. The Balaban J connectivity index is 2.34. The fourth-order valence-electron chi connectivity index (χ4n) is 1.70. The monoisotopic (exact) mass is 290 g/mol. The number of amides is 1. The molecule has 21 heavy (non-hydrogen) atoms. The van der Waals surface area contributed by atoms with E-state index in [1.807, 2.05) is 0 Å². The molecule has 0 aromatic carbocycles. The highest BCUT2D eigenvalue weighted by molar-refractivity contribution is 6.08. The van der Waals surface area contributed by atoms with Crippen LogP contribution in [0.3, 0.4) is 0 Å². The Bertz CT molecular complexity index is 774. The van der Waals surface area contributed by atoms with Crippen LogP contribution >= 0.6 is 0 Å². The number of carbonyl (C=O) groups is 1. The molecule has 2 aromatic rings. The Labute approximate surface area is 119 Å². The molecule has 2 rings (SSSR count). The molecule has 0 saturated carbocycles. The van der Waals surface area contributed by atoms with Crippen molar-refractivity contribution in [2.75, 3.05) is 5.32 Å². The van der Waals surface area contributed by atoms with Gasteiger partial charge in [0.05, 0.1) is 11.8 Å². The van der Waals surface area contributed by atoms with Gasteiger partial charge in [0.15, 0.2) is 5.84 Å². The molecule has 0 atom stereocenters. The zero-order valence-corrected chi connectivity index (χ0v) is 11.4. The van der Waals surface area contributed by atoms with E-state index in [4.69, 9.17) is 10.9 Å². The number of rotatable bonds is 3. The van der Waals surface area contributed by atoms with E-state index >= 15 is 0 Å². The Kier molecular flexibility index (Phi) is 3.74. The lowest BCUT2D eigenvalue weighted by atomic mass is 10.2. The largest absolute Gasteiger partial charge is 0.409 e. The molecule has 9 heteroatoms. The SMILES string of the molecule is Cn1ncc(/C(N)=N/O)c1NC(=O)c1ccn(C)c(=O)c1. The van der Waals surface area contributed by atoms with Gasteiger partial charge in [0.1, 0.15) is 5.82 Å². The summed E-state index contributed by atoms with van der Waals surface area (Å²) in [6, 6.07) is 2.73. The van der Waals surface area contributed by atoms with Crippen LogP contribution in [-0.2, 0) is 14.1 Å². The van der Waals surface area contributed by atoms with E-state index in [9.17, 15) is 9.59 Å². The van der Waals surface area contributed by atoms with Crippen molar-refractivity contribution in [2.24, 2.45) is 25.0 Å². The van der Waals surface area contributed by atoms with E-state index in [1.54, 1.807) is 14.1 Å². The second kappa shape index (κ2) is 5.49. The molecule has 1 amide bonds. The van der Waals surface area contributed by atoms with Gasteiger partial charge in [-0.3, -0.25) is 14.3 Å². The number of aryl methyl sites for hydroxylation is 2. The molecule has 4 N–H and O–H groups in total. The summed E-state index contributed by atoms with van der Waals surface area (Å²) < 4.78 is 2.72. The summed E-state index contributed by atoms with van der Waals surface area (Å²) in [6.45, 7) is 0. The van der Waals surface area contributed by atoms with Crippen LogP contribution in [0.2, 0.25) is 0 Å². The summed E-state index contributed by atoms with van der Waals surface area (Å²) in [5.74, 6) is -0.415. The summed E-state index contributed by atoms with van der Waals surface area (Å²) in [7, 11) is 3.18. The van der Waals surface area contributed by atoms with E-state index in [0.29, 0.717) is 0 Å². The van der Waals surface area contributed by atoms with Gasteiger partial charge in [-0.15, -0.1) is 0 Å². The Hall–Kier alpha value is -3.10. The number of aromatic nitrogens is 3. The minimum absolute atomic E-state index is 0.178. The van der Waals surface area contributed by atoms with Gasteiger partial charge in [-0.25, -0.2) is 0 Å². The summed E-state index contributed by atoms with van der Waals surface area (Å²) in [5.41, 5.74) is 5.68. The van der Waals surface area contributed by atoms with Gasteiger partial charge < -0.3 is 20.8 Å². The van der Waals surface area contributed by atoms with Crippen LogP contribution in [-0.4, -0.2) is 31.3 Å². The van der Waals surface area contributed by atoms with Crippen molar-refractivity contribution in [3.63, 3.8) is 0 Å². The van der Waals surface area contributed by atoms with Gasteiger partial charge >= 0.3 is 0 Å². The third-order valence-electron chi connectivity index (χ3n) is 2.92. The van der Waals surface area contributed by atoms with Crippen molar-refractivity contribution >= 4 is 17.6 Å². The number of pyridine rings is 1. The first-order chi connectivity index (χ1) is 9.93. The zero-order chi connectivity index (χ0) is 15.6. The summed E-state index contributed by atoms with van der Waals surface area (Å²) in [6.07, 6.45) is 2.85. The predicted molar refractivity (Wildman–Crippen MR) is 75.4 cm³/mol. The van der Waals surface area contributed by atoms with Gasteiger partial charge in [-0.1, -0.05) is 5.16 Å². The van der Waals surface area contributed by atoms with Crippen molar-refractivity contribution in [1.82, 2.24) is 14.3 Å². The number of hydrogen-bond acceptors (Lipinski definition) is 5. The van der Waals surface area contributed by atoms with E-state index in [1.165, 1.54) is 33.8 Å². The lowest BCUT2D eigenvalue weighted by molar-refractivity contribution is 0.102. The number of hydrogen-bond donors (Lipinski definition) is 3. The molecule has 0 radical (unpaired) electrons. The third-order valence-corrected chi connectivity index (χ3v) is 2.92. The average Bonchev–Trinajstić information content (AvgIpc) is 2.82. The van der Waals surface area contributed by atoms with Crippen LogP contribution in [0.1, 0.15) is 15.9 Å². The fraction of sp³-hybridized carbons (Fsp3) is 0.167. The van der Waals surface area contributed by atoms with Crippen LogP contribution in [0, 0.1) is 0 Å². The first-order valence-electron chi connectivity index (χ1n) is 5.92. The van der Waals surface area contributed by atoms with Crippen LogP contribution in [0.5, 0.6) is 0 Å². The Morgan fingerprint density at radius 2 is 2.19 bits per heavy atom. The maximum Gasteiger partial charge on any atom is 0.257 e. The molecule has 0 aliphatic carbocycles. The second-order valence-corrected chi connectivity index (χ2v) is 4.33. The van der Waals surface area contributed by atoms with Crippen LogP contribution in [0.4, 0.5) is 5.82 Å². The molecular formula is C12H14N6O3. The summed E-state index contributed by atoms with van der Waals surface area (Å²) >= 11 is 0. The predicted octanol–water partition coefficient (Wildman–Crippen LogP) is -0.534. The highest BCUT2D eigenvalue weighted by atomic mass is 16.4. The van der Waals surface area contributed by atoms with Crippen LogP contribution in [0.25, 0.3) is 0 Å². The van der Waals surface area contributed by atoms with E-state index in [2.05, 4.69) is 15.6 Å². The molecule has 9 nitrogen and oxygen atoms in total. The lowest BCUT2D eigenvalue weighted by Gasteiger charge is -2.08. The molecule has 0 saturated heterocycles. The molecule has 0 aliphatic rings. The zero-order valence-electron chi connectivity index (χ0n) is 11.4. The van der Waals surface area contributed by atoms with Gasteiger partial charge in [0.25, 0.3) is 11.5 Å². The maximum absolute atomic E-state index is 12.1. The number of nitrogens with two attached hydrogens (primary N) is 1. The number of nitrogens with zero attached hydrogens (tertiary/aromatic N) is 4. The lowest BCUT2D eigenvalue weighted by Crippen LogP contribution is -2.22. The topological polar surface area (TPSA) is 128 Å². The smallest absolute Gasteiger partial charge is 0.257 e. The maximum atomic E-state index is 12.1. The number of oxime groups is 1. The molecule has 0 unspecified atom stereocenters. The molecule has 110 valence electrons. The second-order valence-electron chi connectivity index (χ2n) is 4.33. The summed E-state index contributed by atoms with van der Waals surface area (Å²) in [4.78, 5) is 23.7. The van der Waals surface area contributed by atoms with Crippen molar-refractivity contribution < 1.29 is 10.0 Å². The van der Waals surface area contributed by atoms with Gasteiger partial charge in [0.2, 0.25) is 0 Å². The third kappa shape index (κ3) is 2.76. The van der Waals surface area contributed by atoms with Crippen molar-refractivity contribution in [2.45, 2.75) is 0 Å². The van der Waals surface area contributed by atoms with Crippen LogP contribution < -0.4 is 16.6 Å². The van der Waals surface area contributed by atoms with Crippen LogP contribution in [0.15, 0.2) is 34.5 Å². The highest BCUT2D eigenvalue weighted by Crippen LogP contribution is 2.14. The quantitative estimate of drug-likeness (QED) is 0.303. The van der Waals surface area contributed by atoms with Gasteiger partial charge in [0, 0.05) is 31.9 Å². The van der Waals surface area contributed by atoms with Gasteiger partial charge in [-0.2, -0.15) is 5.10 Å². The molecule has 2 aromatic heterocycles. The fourth-order valence-corrected chi connectivity index (χ4v) is 1.70. The Morgan fingerprint density at radius 3 is 2.81 bits per heavy atom. The molecule has 0 aliphatic heterocycles. The standard InChI is InChI=1S/C12H14N6O3/c1-17-4-3-7(5-9(17)19)12(20)15-11-8(10(13)16-21)6-14-18(11)2/h3-6,21H,1-2H3,(H2,13,16)(H,15,20). The van der Waals surface area contributed by atoms with Crippen molar-refractivity contribution in [3.8, 4) is 0 Å². The number of anilines is 1. The summed E-state index contributed by atoms with van der Waals surface area (Å²) in [5, 5.41) is 18.1. The number of amidine groups is 1. The van der Waals surface area contributed by atoms with E-state index in [-0.39, 0.29) is 28.3 Å². The molecule has 0 spiro atoms. The first-order valence-corrected chi connectivity index (χ1v) is 5.92. The highest BCUT2D eigenvalue weighted by Gasteiger charge is 2.16. The molecule has 0 bridgehead atoms. The number of nitrogens with one attached hydrogen (secondary N) is 1. The minimum Gasteiger partial charge on any atom is -0.409 e. The first kappa shape index (κ1) is 14.3. The molecule has 0 fully saturated rings. The van der Waals surface area contributed by atoms with Gasteiger partial charge in [-0.05, 0) is 6.07 Å². The Morgan fingerprint density at radius 1 is 1.48 bits per heavy atom. The van der Waals surface area contributed by atoms with Crippen molar-refractivity contribution in [3.05, 3.63) is 46.0 Å². The van der Waals surface area contributed by atoms with E-state index < -0.39 is 5.91 Å². The molecular weight excluding hydrogens is 276 g/mol. The number of carbonyl (C=O) groups excluding carboxylic acids is 1. The van der Waals surface area contributed by atoms with Crippen molar-refractivity contribution in [1.29, 1.82) is 0 Å². The molecule has 2 heterocycles. The average molecular weight is 290 g/mol.